The van der Waals surface area contributed by atoms with Crippen LogP contribution in [0.15, 0.2) is 0 Å². The van der Waals surface area contributed by atoms with E-state index in [0.29, 0.717) is 34.4 Å². The Kier molecular flexibility index (Phi) is 5.42. The summed E-state index contributed by atoms with van der Waals surface area (Å²) in [5, 5.41) is 9.12. The number of carbonyl (C=O) groups is 1. The molecular weight excluding hydrogens is 272 g/mol. The Morgan fingerprint density at radius 3 is 2.50 bits per heavy atom. The molecule has 2 rings (SSSR count). The van der Waals surface area contributed by atoms with E-state index in [1.165, 1.54) is 19.3 Å². The summed E-state index contributed by atoms with van der Waals surface area (Å²) in [7, 11) is 0. The minimum absolute atomic E-state index is 0.272. The summed E-state index contributed by atoms with van der Waals surface area (Å²) in [4.78, 5) is 12.3. The van der Waals surface area contributed by atoms with Crippen molar-refractivity contribution in [3.63, 3.8) is 0 Å². The van der Waals surface area contributed by atoms with E-state index in [2.05, 4.69) is 27.7 Å². The summed E-state index contributed by atoms with van der Waals surface area (Å²) in [5.41, 5.74) is 0.725. The molecule has 0 aliphatic heterocycles. The normalized spacial score (nSPS) is 38.5. The summed E-state index contributed by atoms with van der Waals surface area (Å²) in [6.45, 7) is 11.6. The van der Waals surface area contributed by atoms with Crippen LogP contribution in [-0.2, 0) is 4.79 Å². The fourth-order valence-corrected chi connectivity index (χ4v) is 5.88. The molecule has 128 valence electrons. The zero-order valence-corrected chi connectivity index (χ0v) is 15.3. The number of fused-ring (bicyclic) bond motifs is 1. The topological polar surface area (TPSA) is 37.3 Å². The smallest absolute Gasteiger partial charge is 0.133 e. The van der Waals surface area contributed by atoms with Crippen molar-refractivity contribution in [3.05, 3.63) is 0 Å². The van der Waals surface area contributed by atoms with Crippen LogP contribution >= 0.6 is 0 Å². The maximum absolute atomic E-state index is 12.3. The molecule has 0 aromatic carbocycles. The van der Waals surface area contributed by atoms with Crippen LogP contribution in [0.4, 0.5) is 0 Å². The molecule has 2 fully saturated rings. The third kappa shape index (κ3) is 3.27. The maximum atomic E-state index is 12.3. The Labute approximate surface area is 137 Å². The lowest BCUT2D eigenvalue weighted by Gasteiger charge is -2.50. The highest BCUT2D eigenvalue weighted by molar-refractivity contribution is 5.79. The molecule has 0 aromatic heterocycles. The van der Waals surface area contributed by atoms with Gasteiger partial charge in [0, 0.05) is 12.5 Å². The molecule has 0 amide bonds. The Morgan fingerprint density at radius 1 is 1.23 bits per heavy atom. The van der Waals surface area contributed by atoms with Crippen LogP contribution in [0.1, 0.15) is 79.6 Å². The zero-order chi connectivity index (χ0) is 16.5. The van der Waals surface area contributed by atoms with Crippen LogP contribution in [-0.4, -0.2) is 17.5 Å². The van der Waals surface area contributed by atoms with E-state index in [9.17, 15) is 4.79 Å². The molecule has 0 aromatic rings. The van der Waals surface area contributed by atoms with Crippen molar-refractivity contribution in [1.82, 2.24) is 0 Å². The average Bonchev–Trinajstić information content (AvgIpc) is 2.71. The highest BCUT2D eigenvalue weighted by Gasteiger charge is 2.58. The van der Waals surface area contributed by atoms with Crippen molar-refractivity contribution >= 4 is 5.78 Å². The first-order chi connectivity index (χ1) is 10.2. The minimum atomic E-state index is 0.272. The van der Waals surface area contributed by atoms with Crippen molar-refractivity contribution in [2.75, 3.05) is 6.61 Å². The third-order valence-electron chi connectivity index (χ3n) is 7.21. The van der Waals surface area contributed by atoms with Gasteiger partial charge in [0.1, 0.15) is 5.78 Å². The lowest BCUT2D eigenvalue weighted by Crippen LogP contribution is -2.42. The minimum Gasteiger partial charge on any atom is -0.396 e. The number of hydrogen-bond donors (Lipinski definition) is 1. The maximum Gasteiger partial charge on any atom is 0.133 e. The Hall–Kier alpha value is -0.370. The molecule has 1 N–H and O–H groups in total. The predicted octanol–water partition coefficient (Wildman–Crippen LogP) is 4.84. The largest absolute Gasteiger partial charge is 0.396 e. The molecule has 22 heavy (non-hydrogen) atoms. The molecule has 0 heterocycles. The van der Waals surface area contributed by atoms with E-state index >= 15 is 0 Å². The number of ketones is 1. The van der Waals surface area contributed by atoms with Crippen molar-refractivity contribution in [3.8, 4) is 0 Å². The van der Waals surface area contributed by atoms with Gasteiger partial charge in [0.15, 0.2) is 0 Å². The molecule has 2 unspecified atom stereocenters. The molecule has 2 saturated carbocycles. The summed E-state index contributed by atoms with van der Waals surface area (Å²) in [6.07, 6.45) is 8.23. The van der Waals surface area contributed by atoms with E-state index in [4.69, 9.17) is 5.11 Å². The van der Waals surface area contributed by atoms with Crippen LogP contribution < -0.4 is 0 Å². The molecular formula is C20H36O2. The first-order valence-corrected chi connectivity index (χ1v) is 9.33. The Morgan fingerprint density at radius 2 is 1.91 bits per heavy atom. The van der Waals surface area contributed by atoms with Crippen LogP contribution in [0.3, 0.4) is 0 Å². The molecule has 2 aliphatic carbocycles. The zero-order valence-electron chi connectivity index (χ0n) is 15.3. The van der Waals surface area contributed by atoms with E-state index in [1.54, 1.807) is 0 Å². The van der Waals surface area contributed by atoms with Crippen LogP contribution in [0.2, 0.25) is 0 Å². The van der Waals surface area contributed by atoms with Gasteiger partial charge in [-0.2, -0.15) is 0 Å². The van der Waals surface area contributed by atoms with Gasteiger partial charge < -0.3 is 5.11 Å². The standard InChI is InChI=1S/C20H36O2/c1-14(9-12-21)7-8-17-16(15(2)22)13-18-19(3,4)10-6-11-20(17,18)5/h14,16-18,21H,6-13H2,1-5H3/t14-,16?,17?,18-,20+/m0/s1. The van der Waals surface area contributed by atoms with Crippen molar-refractivity contribution in [1.29, 1.82) is 0 Å². The summed E-state index contributed by atoms with van der Waals surface area (Å²) >= 11 is 0. The first-order valence-electron chi connectivity index (χ1n) is 9.33. The predicted molar refractivity (Wildman–Crippen MR) is 91.6 cm³/mol. The number of hydrogen-bond acceptors (Lipinski definition) is 2. The van der Waals surface area contributed by atoms with Gasteiger partial charge in [-0.1, -0.05) is 40.5 Å². The third-order valence-corrected chi connectivity index (χ3v) is 7.21. The molecule has 2 nitrogen and oxygen atoms in total. The van der Waals surface area contributed by atoms with Crippen LogP contribution in [0.25, 0.3) is 0 Å². The molecule has 2 heteroatoms. The van der Waals surface area contributed by atoms with Crippen LogP contribution in [0.5, 0.6) is 0 Å². The molecule has 0 spiro atoms. The fourth-order valence-electron chi connectivity index (χ4n) is 5.88. The van der Waals surface area contributed by atoms with Gasteiger partial charge in [-0.25, -0.2) is 0 Å². The van der Waals surface area contributed by atoms with Gasteiger partial charge in [0.05, 0.1) is 0 Å². The second-order valence-corrected chi connectivity index (χ2v) is 9.15. The Balaban J connectivity index is 2.18. The first kappa shape index (κ1) is 18.0. The number of aliphatic hydroxyl groups is 1. The summed E-state index contributed by atoms with van der Waals surface area (Å²) in [6, 6.07) is 0. The number of aliphatic hydroxyl groups excluding tert-OH is 1. The number of Topliss-reactive ketones (excluding diaryl/α,β-unsaturated/α-hetero) is 1. The van der Waals surface area contributed by atoms with Crippen molar-refractivity contribution < 1.29 is 9.90 Å². The van der Waals surface area contributed by atoms with Crippen molar-refractivity contribution in [2.45, 2.75) is 79.6 Å². The van der Waals surface area contributed by atoms with Crippen LogP contribution in [0, 0.1) is 34.5 Å². The molecule has 2 aliphatic rings. The second kappa shape index (κ2) is 6.63. The van der Waals surface area contributed by atoms with Crippen molar-refractivity contribution in [2.24, 2.45) is 34.5 Å². The highest BCUT2D eigenvalue weighted by Crippen LogP contribution is 2.64. The molecule has 0 bridgehead atoms. The molecule has 0 saturated heterocycles. The highest BCUT2D eigenvalue weighted by atomic mass is 16.3. The quantitative estimate of drug-likeness (QED) is 0.762. The SMILES string of the molecule is CC(=O)C1C[C@H]2C(C)(C)CCC[C@]2(C)C1CC[C@H](C)CCO. The van der Waals surface area contributed by atoms with E-state index < -0.39 is 0 Å². The summed E-state index contributed by atoms with van der Waals surface area (Å²) in [5.74, 6) is 2.49. The average molecular weight is 309 g/mol. The van der Waals surface area contributed by atoms with Gasteiger partial charge in [-0.15, -0.1) is 0 Å². The Bertz CT molecular complexity index is 401. The lowest BCUT2D eigenvalue weighted by molar-refractivity contribution is -0.122. The monoisotopic (exact) mass is 308 g/mol. The lowest BCUT2D eigenvalue weighted by atomic mass is 9.55. The summed E-state index contributed by atoms with van der Waals surface area (Å²) < 4.78 is 0. The van der Waals surface area contributed by atoms with E-state index in [1.807, 2.05) is 6.92 Å². The number of carbonyl (C=O) groups excluding carboxylic acids is 1. The van der Waals surface area contributed by atoms with E-state index in [0.717, 1.165) is 25.7 Å². The number of rotatable bonds is 6. The van der Waals surface area contributed by atoms with Gasteiger partial charge >= 0.3 is 0 Å². The van der Waals surface area contributed by atoms with Gasteiger partial charge in [-0.3, -0.25) is 4.79 Å². The van der Waals surface area contributed by atoms with E-state index in [-0.39, 0.29) is 12.5 Å². The molecule has 5 atom stereocenters. The second-order valence-electron chi connectivity index (χ2n) is 9.15. The van der Waals surface area contributed by atoms with Gasteiger partial charge in [0.2, 0.25) is 0 Å². The van der Waals surface area contributed by atoms with Gasteiger partial charge in [-0.05, 0) is 67.6 Å². The molecule has 0 radical (unpaired) electrons. The van der Waals surface area contributed by atoms with Gasteiger partial charge in [0.25, 0.3) is 0 Å². The fraction of sp³-hybridized carbons (Fsp3) is 0.950.